The summed E-state index contributed by atoms with van der Waals surface area (Å²) in [5.74, 6) is 0. The Hall–Kier alpha value is -1.04. The zero-order valence-electron chi connectivity index (χ0n) is 11.9. The first-order valence-corrected chi connectivity index (χ1v) is 7.62. The third-order valence-electron chi connectivity index (χ3n) is 3.32. The molecule has 1 aromatic carbocycles. The Kier molecular flexibility index (Phi) is 9.24. The van der Waals surface area contributed by atoms with Gasteiger partial charge in [0, 0.05) is 0 Å². The van der Waals surface area contributed by atoms with Gasteiger partial charge in [-0.05, 0) is 44.1 Å². The lowest BCUT2D eigenvalue weighted by Gasteiger charge is -2.00. The fraction of sp³-hybridized carbons (Fsp3) is 0.556. The molecule has 0 atom stereocenters. The highest BCUT2D eigenvalue weighted by atomic mass is 14.0. The van der Waals surface area contributed by atoms with Gasteiger partial charge in [0.05, 0.1) is 0 Å². The second-order valence-corrected chi connectivity index (χ2v) is 5.05. The standard InChI is InChI=1S/C18H28/c1-2-3-4-5-6-7-8-9-10-12-15-18-16-13-11-14-17-18/h6-7,11,13-14,16-17H,2-5,8-10,12,15H2,1H3. The third-order valence-corrected chi connectivity index (χ3v) is 3.32. The van der Waals surface area contributed by atoms with Gasteiger partial charge in [0.15, 0.2) is 0 Å². The first kappa shape index (κ1) is 15.0. The third kappa shape index (κ3) is 8.11. The van der Waals surface area contributed by atoms with Crippen LogP contribution in [0, 0.1) is 0 Å². The predicted molar refractivity (Wildman–Crippen MR) is 81.9 cm³/mol. The van der Waals surface area contributed by atoms with Crippen molar-refractivity contribution in [3.8, 4) is 0 Å². The molecule has 0 N–H and O–H groups in total. The number of hydrogen-bond acceptors (Lipinski definition) is 0. The van der Waals surface area contributed by atoms with Crippen LogP contribution in [0.4, 0.5) is 0 Å². The summed E-state index contributed by atoms with van der Waals surface area (Å²) in [7, 11) is 0. The Balaban J connectivity index is 1.90. The average molecular weight is 244 g/mol. The second-order valence-electron chi connectivity index (χ2n) is 5.05. The van der Waals surface area contributed by atoms with Crippen molar-refractivity contribution in [3.05, 3.63) is 48.0 Å². The molecule has 0 fully saturated rings. The van der Waals surface area contributed by atoms with Crippen molar-refractivity contribution in [3.63, 3.8) is 0 Å². The molecular weight excluding hydrogens is 216 g/mol. The summed E-state index contributed by atoms with van der Waals surface area (Å²) in [5.41, 5.74) is 1.48. The number of aryl methyl sites for hydroxylation is 1. The summed E-state index contributed by atoms with van der Waals surface area (Å²) >= 11 is 0. The average Bonchev–Trinajstić information content (AvgIpc) is 2.42. The van der Waals surface area contributed by atoms with Gasteiger partial charge in [0.25, 0.3) is 0 Å². The topological polar surface area (TPSA) is 0 Å². The molecule has 0 aromatic heterocycles. The van der Waals surface area contributed by atoms with Crippen molar-refractivity contribution in [1.29, 1.82) is 0 Å². The van der Waals surface area contributed by atoms with Crippen LogP contribution in [0.2, 0.25) is 0 Å². The van der Waals surface area contributed by atoms with E-state index in [-0.39, 0.29) is 0 Å². The minimum absolute atomic E-state index is 1.24. The highest BCUT2D eigenvalue weighted by Gasteiger charge is 1.91. The Morgan fingerprint density at radius 1 is 0.778 bits per heavy atom. The summed E-state index contributed by atoms with van der Waals surface area (Å²) in [4.78, 5) is 0. The van der Waals surface area contributed by atoms with Crippen LogP contribution in [-0.2, 0) is 6.42 Å². The molecule has 0 amide bonds. The molecule has 100 valence electrons. The van der Waals surface area contributed by atoms with Crippen molar-refractivity contribution in [2.75, 3.05) is 0 Å². The van der Waals surface area contributed by atoms with Crippen molar-refractivity contribution < 1.29 is 0 Å². The Labute approximate surface area is 113 Å². The van der Waals surface area contributed by atoms with Crippen LogP contribution in [0.1, 0.15) is 63.9 Å². The van der Waals surface area contributed by atoms with Crippen molar-refractivity contribution in [1.82, 2.24) is 0 Å². The van der Waals surface area contributed by atoms with Gasteiger partial charge in [0.2, 0.25) is 0 Å². The molecule has 1 aromatic rings. The maximum atomic E-state index is 2.37. The molecule has 0 spiro atoms. The lowest BCUT2D eigenvalue weighted by Crippen LogP contribution is -1.84. The molecule has 0 saturated heterocycles. The normalized spacial score (nSPS) is 11.2. The first-order valence-electron chi connectivity index (χ1n) is 7.62. The molecular formula is C18H28. The number of rotatable bonds is 10. The van der Waals surface area contributed by atoms with Crippen LogP contribution >= 0.6 is 0 Å². The van der Waals surface area contributed by atoms with Crippen LogP contribution in [0.15, 0.2) is 42.5 Å². The van der Waals surface area contributed by atoms with Gasteiger partial charge in [-0.25, -0.2) is 0 Å². The van der Waals surface area contributed by atoms with Crippen LogP contribution in [0.25, 0.3) is 0 Å². The molecule has 0 bridgehead atoms. The fourth-order valence-corrected chi connectivity index (χ4v) is 2.16. The molecule has 0 nitrogen and oxygen atoms in total. The van der Waals surface area contributed by atoms with Crippen LogP contribution in [0.3, 0.4) is 0 Å². The Morgan fingerprint density at radius 2 is 1.44 bits per heavy atom. The molecule has 0 aliphatic carbocycles. The van der Waals surface area contributed by atoms with Crippen LogP contribution < -0.4 is 0 Å². The molecule has 0 heteroatoms. The number of unbranched alkanes of at least 4 members (excludes halogenated alkanes) is 6. The number of hydrogen-bond donors (Lipinski definition) is 0. The SMILES string of the molecule is CCCCCC=CCCCCCc1ccccc1. The van der Waals surface area contributed by atoms with E-state index in [0.29, 0.717) is 0 Å². The molecule has 1 rings (SSSR count). The maximum absolute atomic E-state index is 2.37. The van der Waals surface area contributed by atoms with E-state index in [4.69, 9.17) is 0 Å². The molecule has 0 saturated carbocycles. The highest BCUT2D eigenvalue weighted by molar-refractivity contribution is 5.14. The van der Waals surface area contributed by atoms with E-state index in [0.717, 1.165) is 0 Å². The molecule has 0 aliphatic heterocycles. The van der Waals surface area contributed by atoms with E-state index < -0.39 is 0 Å². The summed E-state index contributed by atoms with van der Waals surface area (Å²) in [6.07, 6.45) is 16.6. The van der Waals surface area contributed by atoms with Gasteiger partial charge in [-0.3, -0.25) is 0 Å². The lowest BCUT2D eigenvalue weighted by atomic mass is 10.1. The smallest absolute Gasteiger partial charge is 0.0279 e. The molecule has 0 aliphatic rings. The monoisotopic (exact) mass is 244 g/mol. The largest absolute Gasteiger partial charge is 0.0885 e. The summed E-state index contributed by atoms with van der Waals surface area (Å²) in [5, 5.41) is 0. The van der Waals surface area contributed by atoms with E-state index in [1.54, 1.807) is 0 Å². The van der Waals surface area contributed by atoms with E-state index in [9.17, 15) is 0 Å². The zero-order valence-corrected chi connectivity index (χ0v) is 11.9. The van der Waals surface area contributed by atoms with Gasteiger partial charge in [-0.15, -0.1) is 0 Å². The van der Waals surface area contributed by atoms with E-state index >= 15 is 0 Å². The molecule has 0 heterocycles. The molecule has 0 radical (unpaired) electrons. The zero-order chi connectivity index (χ0) is 12.9. The van der Waals surface area contributed by atoms with Crippen LogP contribution in [-0.4, -0.2) is 0 Å². The van der Waals surface area contributed by atoms with E-state index in [2.05, 4.69) is 49.4 Å². The predicted octanol–water partition coefficient (Wildman–Crippen LogP) is 5.93. The Morgan fingerprint density at radius 3 is 2.11 bits per heavy atom. The Bertz CT molecular complexity index is 297. The summed E-state index contributed by atoms with van der Waals surface area (Å²) in [6.45, 7) is 2.26. The van der Waals surface area contributed by atoms with Crippen molar-refractivity contribution >= 4 is 0 Å². The first-order chi connectivity index (χ1) is 8.93. The number of allylic oxidation sites excluding steroid dienone is 2. The van der Waals surface area contributed by atoms with Gasteiger partial charge in [-0.2, -0.15) is 0 Å². The van der Waals surface area contributed by atoms with Crippen molar-refractivity contribution in [2.24, 2.45) is 0 Å². The lowest BCUT2D eigenvalue weighted by molar-refractivity contribution is 0.684. The highest BCUT2D eigenvalue weighted by Crippen LogP contribution is 2.08. The van der Waals surface area contributed by atoms with E-state index in [1.165, 1.54) is 63.4 Å². The minimum Gasteiger partial charge on any atom is -0.0885 e. The van der Waals surface area contributed by atoms with Crippen molar-refractivity contribution in [2.45, 2.75) is 64.7 Å². The van der Waals surface area contributed by atoms with Gasteiger partial charge >= 0.3 is 0 Å². The maximum Gasteiger partial charge on any atom is -0.0279 e. The minimum atomic E-state index is 1.24. The second kappa shape index (κ2) is 11.1. The fourth-order valence-electron chi connectivity index (χ4n) is 2.16. The summed E-state index contributed by atoms with van der Waals surface area (Å²) < 4.78 is 0. The molecule has 18 heavy (non-hydrogen) atoms. The summed E-state index contributed by atoms with van der Waals surface area (Å²) in [6, 6.07) is 10.8. The van der Waals surface area contributed by atoms with Gasteiger partial charge in [0.1, 0.15) is 0 Å². The quantitative estimate of drug-likeness (QED) is 0.353. The van der Waals surface area contributed by atoms with Gasteiger partial charge < -0.3 is 0 Å². The number of benzene rings is 1. The molecule has 0 unspecified atom stereocenters. The van der Waals surface area contributed by atoms with Crippen LogP contribution in [0.5, 0.6) is 0 Å². The van der Waals surface area contributed by atoms with Gasteiger partial charge in [-0.1, -0.05) is 68.7 Å². The van der Waals surface area contributed by atoms with E-state index in [1.807, 2.05) is 0 Å².